The molecule has 6 rings (SSSR count). The third-order valence-corrected chi connectivity index (χ3v) is 11.1. The molecule has 0 aromatic heterocycles. The van der Waals surface area contributed by atoms with E-state index in [4.69, 9.17) is 13.8 Å². The van der Waals surface area contributed by atoms with Crippen molar-refractivity contribution >= 4 is 41.4 Å². The number of halogens is 1. The van der Waals surface area contributed by atoms with E-state index >= 15 is 0 Å². The first-order valence-corrected chi connectivity index (χ1v) is 17.8. The van der Waals surface area contributed by atoms with E-state index in [1.54, 1.807) is 23.1 Å². The van der Waals surface area contributed by atoms with E-state index in [0.29, 0.717) is 27.2 Å². The number of thioether (sulfide) groups is 1. The Kier molecular flexibility index (Phi) is 10.6. The molecule has 5 aromatic carbocycles. The zero-order valence-electron chi connectivity index (χ0n) is 26.8. The lowest BCUT2D eigenvalue weighted by atomic mass is 9.97. The summed E-state index contributed by atoms with van der Waals surface area (Å²) in [6, 6.07) is 36.9. The van der Waals surface area contributed by atoms with Gasteiger partial charge in [-0.2, -0.15) is 0 Å². The van der Waals surface area contributed by atoms with Crippen LogP contribution in [0.5, 0.6) is 5.75 Å². The third kappa shape index (κ3) is 7.61. The Labute approximate surface area is 288 Å². The number of ketones is 1. The van der Waals surface area contributed by atoms with Crippen LogP contribution in [0, 0.1) is 5.82 Å². The van der Waals surface area contributed by atoms with E-state index in [2.05, 4.69) is 0 Å². The van der Waals surface area contributed by atoms with Crippen molar-refractivity contribution in [3.8, 4) is 16.9 Å². The molecule has 1 aliphatic heterocycles. The van der Waals surface area contributed by atoms with Crippen LogP contribution in [0.15, 0.2) is 138 Å². The Morgan fingerprint density at radius 1 is 0.837 bits per heavy atom. The maximum Gasteiger partial charge on any atom is 0.360 e. The Hall–Kier alpha value is -4.79. The van der Waals surface area contributed by atoms with Gasteiger partial charge >= 0.3 is 7.60 Å². The summed E-state index contributed by atoms with van der Waals surface area (Å²) >= 11 is 1.07. The van der Waals surface area contributed by atoms with Gasteiger partial charge < -0.3 is 13.8 Å². The number of hydrogen-bond acceptors (Lipinski definition) is 7. The first-order valence-electron chi connectivity index (χ1n) is 15.5. The fraction of sp³-hybridized carbons (Fsp3) is 0.128. The van der Waals surface area contributed by atoms with Gasteiger partial charge in [0.05, 0.1) is 11.3 Å². The molecule has 0 N–H and O–H groups in total. The summed E-state index contributed by atoms with van der Waals surface area (Å²) < 4.78 is 43.3. The van der Waals surface area contributed by atoms with Crippen LogP contribution >= 0.6 is 19.4 Å². The second kappa shape index (κ2) is 15.2. The van der Waals surface area contributed by atoms with Crippen LogP contribution in [0.1, 0.15) is 33.9 Å². The molecule has 0 saturated carbocycles. The molecule has 0 spiro atoms. The molecule has 49 heavy (non-hydrogen) atoms. The van der Waals surface area contributed by atoms with E-state index in [1.165, 1.54) is 38.5 Å². The molecular weight excluding hydrogens is 660 g/mol. The van der Waals surface area contributed by atoms with Crippen molar-refractivity contribution in [1.29, 1.82) is 0 Å². The van der Waals surface area contributed by atoms with Crippen molar-refractivity contribution in [2.45, 2.75) is 19.1 Å². The monoisotopic (exact) mass is 693 g/mol. The summed E-state index contributed by atoms with van der Waals surface area (Å²) in [5.41, 5.74) is 4.48. The number of benzene rings is 5. The molecule has 0 aliphatic carbocycles. The highest BCUT2D eigenvalue weighted by molar-refractivity contribution is 8.17. The van der Waals surface area contributed by atoms with Crippen molar-refractivity contribution in [2.24, 2.45) is 0 Å². The molecule has 1 atom stereocenters. The lowest BCUT2D eigenvalue weighted by Crippen LogP contribution is -2.26. The number of Topliss-reactive ketones (excluding diaryl/α,β-unsaturated/α-hetero) is 1. The van der Waals surface area contributed by atoms with Gasteiger partial charge in [0.2, 0.25) is 0 Å². The predicted octanol–water partition coefficient (Wildman–Crippen LogP) is 9.75. The molecule has 248 valence electrons. The minimum atomic E-state index is -3.42. The van der Waals surface area contributed by atoms with Crippen molar-refractivity contribution in [3.63, 3.8) is 0 Å². The molecule has 0 unspecified atom stereocenters. The van der Waals surface area contributed by atoms with Crippen molar-refractivity contribution in [2.75, 3.05) is 19.1 Å². The third-order valence-electron chi connectivity index (χ3n) is 8.16. The number of carbonyl (C=O) groups excluding carboxylic acids is 2. The Morgan fingerprint density at radius 3 is 2.12 bits per heavy atom. The zero-order chi connectivity index (χ0) is 34.4. The number of ether oxygens (including phenoxy) is 1. The number of hydrogen-bond donors (Lipinski definition) is 0. The molecular formula is C39H33FNO6PS. The minimum Gasteiger partial charge on any atom is -0.489 e. The van der Waals surface area contributed by atoms with E-state index < -0.39 is 19.5 Å². The van der Waals surface area contributed by atoms with Gasteiger partial charge in [-0.3, -0.25) is 19.1 Å². The topological polar surface area (TPSA) is 82.1 Å². The van der Waals surface area contributed by atoms with Crippen molar-refractivity contribution in [1.82, 2.24) is 0 Å². The zero-order valence-corrected chi connectivity index (χ0v) is 28.5. The van der Waals surface area contributed by atoms with Gasteiger partial charge in [-0.15, -0.1) is 0 Å². The minimum absolute atomic E-state index is 0.0256. The van der Waals surface area contributed by atoms with Gasteiger partial charge in [-0.05, 0) is 83.0 Å². The highest BCUT2D eigenvalue weighted by atomic mass is 32.2. The van der Waals surface area contributed by atoms with Gasteiger partial charge in [0.15, 0.2) is 5.78 Å². The summed E-state index contributed by atoms with van der Waals surface area (Å²) in [7, 11) is -0.724. The van der Waals surface area contributed by atoms with Gasteiger partial charge in [0.25, 0.3) is 5.24 Å². The van der Waals surface area contributed by atoms with Crippen LogP contribution in [0.3, 0.4) is 0 Å². The molecule has 5 aromatic rings. The summed E-state index contributed by atoms with van der Waals surface area (Å²) in [5.74, 6) is -0.0528. The highest BCUT2D eigenvalue weighted by Gasteiger charge is 2.40. The first-order chi connectivity index (χ1) is 23.8. The van der Waals surface area contributed by atoms with Crippen molar-refractivity contribution < 1.29 is 32.3 Å². The van der Waals surface area contributed by atoms with Gasteiger partial charge in [0, 0.05) is 42.4 Å². The Bertz CT molecular complexity index is 2010. The largest absolute Gasteiger partial charge is 0.489 e. The lowest BCUT2D eigenvalue weighted by Gasteiger charge is -2.27. The highest BCUT2D eigenvalue weighted by Crippen LogP contribution is 2.50. The number of allylic oxidation sites excluding steroid dienone is 1. The molecule has 1 fully saturated rings. The molecule has 1 aliphatic rings. The maximum atomic E-state index is 13.7. The van der Waals surface area contributed by atoms with Crippen LogP contribution in [-0.2, 0) is 20.2 Å². The lowest BCUT2D eigenvalue weighted by molar-refractivity contribution is 0.0995. The van der Waals surface area contributed by atoms with Gasteiger partial charge in [-0.25, -0.2) is 4.39 Å². The number of para-hydroxylation sites is 1. The average molecular weight is 694 g/mol. The number of anilines is 1. The average Bonchev–Trinajstić information content (AvgIpc) is 3.48. The molecule has 1 heterocycles. The molecule has 0 radical (unpaired) electrons. The van der Waals surface area contributed by atoms with Crippen LogP contribution < -0.4 is 14.9 Å². The van der Waals surface area contributed by atoms with Crippen LogP contribution in [0.4, 0.5) is 14.9 Å². The summed E-state index contributed by atoms with van der Waals surface area (Å²) in [4.78, 5) is 29.2. The SMILES string of the molecule is COP(=O)(OC)c1ccc(-c2ccc([C@@H]3C(=CCC(=O)c4ccc(F)cc4)SC(=O)N3c3ccccc3)c(OCc3ccccc3)c2)cc1. The van der Waals surface area contributed by atoms with E-state index in [9.17, 15) is 18.5 Å². The smallest absolute Gasteiger partial charge is 0.360 e. The molecule has 0 bridgehead atoms. The van der Waals surface area contributed by atoms with E-state index in [0.717, 1.165) is 34.0 Å². The number of carbonyl (C=O) groups is 2. The first kappa shape index (κ1) is 34.1. The second-order valence-electron chi connectivity index (χ2n) is 11.2. The number of nitrogens with zero attached hydrogens (tertiary/aromatic N) is 1. The second-order valence-corrected chi connectivity index (χ2v) is 14.4. The molecule has 10 heteroatoms. The Morgan fingerprint density at radius 2 is 1.47 bits per heavy atom. The fourth-order valence-electron chi connectivity index (χ4n) is 5.60. The van der Waals surface area contributed by atoms with E-state index in [1.807, 2.05) is 91.0 Å². The predicted molar refractivity (Wildman–Crippen MR) is 192 cm³/mol. The molecule has 7 nitrogen and oxygen atoms in total. The fourth-order valence-corrected chi connectivity index (χ4v) is 7.70. The summed E-state index contributed by atoms with van der Waals surface area (Å²) in [6.07, 6.45) is 1.80. The van der Waals surface area contributed by atoms with Crippen LogP contribution in [0.2, 0.25) is 0 Å². The van der Waals surface area contributed by atoms with Crippen LogP contribution in [-0.4, -0.2) is 25.2 Å². The van der Waals surface area contributed by atoms with Gasteiger partial charge in [0.1, 0.15) is 18.2 Å². The summed E-state index contributed by atoms with van der Waals surface area (Å²) in [6.45, 7) is 0.280. The molecule has 1 saturated heterocycles. The quantitative estimate of drug-likeness (QED) is 0.0951. The normalized spacial score (nSPS) is 15.5. The maximum absolute atomic E-state index is 13.7. The van der Waals surface area contributed by atoms with Crippen LogP contribution in [0.25, 0.3) is 11.1 Å². The number of rotatable bonds is 12. The number of amides is 1. The standard InChI is InChI=1S/C39H33FNO6PS/c1-45-48(44,46-2)33-20-15-28(16-21-33)30-17-22-34(36(25-30)47-26-27-9-5-3-6-10-27)38-37(24-23-35(42)29-13-18-31(40)19-14-29)49-39(43)41(38)32-11-7-4-8-12-32/h3-22,24-25,38H,23,26H2,1-2H3/t38-/m1/s1. The van der Waals surface area contributed by atoms with Crippen molar-refractivity contribution in [3.05, 3.63) is 161 Å². The Balaban J connectivity index is 1.42. The molecule has 1 amide bonds. The van der Waals surface area contributed by atoms with E-state index in [-0.39, 0.29) is 24.1 Å². The summed E-state index contributed by atoms with van der Waals surface area (Å²) in [5, 5.41) is 0.245. The van der Waals surface area contributed by atoms with Gasteiger partial charge in [-0.1, -0.05) is 78.9 Å².